The minimum Gasteiger partial charge on any atom is -0.392 e. The lowest BCUT2D eigenvalue weighted by Crippen LogP contribution is -2.33. The van der Waals surface area contributed by atoms with Crippen molar-refractivity contribution >= 4 is 0 Å². The van der Waals surface area contributed by atoms with Gasteiger partial charge in [0.15, 0.2) is 0 Å². The third-order valence-corrected chi connectivity index (χ3v) is 3.84. The number of hydrogen-bond donors (Lipinski definition) is 1. The average Bonchev–Trinajstić information content (AvgIpc) is 2.85. The fourth-order valence-electron chi connectivity index (χ4n) is 2.79. The van der Waals surface area contributed by atoms with Gasteiger partial charge < -0.3 is 5.11 Å². The van der Waals surface area contributed by atoms with Crippen LogP contribution in [-0.4, -0.2) is 29.7 Å². The first-order chi connectivity index (χ1) is 8.66. The van der Waals surface area contributed by atoms with E-state index in [4.69, 9.17) is 0 Å². The molecule has 1 aromatic rings. The highest BCUT2D eigenvalue weighted by molar-refractivity contribution is 5.16. The molecule has 2 nitrogen and oxygen atoms in total. The minimum absolute atomic E-state index is 0.167. The highest BCUT2D eigenvalue weighted by Gasteiger charge is 2.24. The molecule has 1 saturated carbocycles. The van der Waals surface area contributed by atoms with Crippen LogP contribution in [0.25, 0.3) is 0 Å². The van der Waals surface area contributed by atoms with Crippen molar-refractivity contribution in [2.75, 3.05) is 13.6 Å². The van der Waals surface area contributed by atoms with Crippen molar-refractivity contribution in [1.82, 2.24) is 4.90 Å². The second kappa shape index (κ2) is 6.30. The summed E-state index contributed by atoms with van der Waals surface area (Å²) >= 11 is 0. The molecule has 1 aromatic carbocycles. The Kier molecular flexibility index (Phi) is 4.72. The van der Waals surface area contributed by atoms with Crippen molar-refractivity contribution in [1.29, 1.82) is 0 Å². The summed E-state index contributed by atoms with van der Waals surface area (Å²) in [4.78, 5) is 2.00. The van der Waals surface area contributed by atoms with E-state index in [1.54, 1.807) is 12.1 Å². The highest BCUT2D eigenvalue weighted by Crippen LogP contribution is 2.28. The van der Waals surface area contributed by atoms with Crippen LogP contribution in [0.5, 0.6) is 0 Å². The van der Waals surface area contributed by atoms with Gasteiger partial charge in [-0.15, -0.1) is 0 Å². The van der Waals surface area contributed by atoms with Crippen LogP contribution in [0.2, 0.25) is 0 Å². The first-order valence-electron chi connectivity index (χ1n) is 6.77. The number of halogens is 1. The monoisotopic (exact) mass is 251 g/mol. The zero-order chi connectivity index (χ0) is 13.0. The third kappa shape index (κ3) is 3.53. The Morgan fingerprint density at radius 3 is 2.67 bits per heavy atom. The standard InChI is InChI=1S/C15H22FNO/c1-17(10-13-8-4-5-9-14(13)16)11-15(18)12-6-2-3-7-12/h4-5,8-9,12,15,18H,2-3,6-7,10-11H2,1H3. The van der Waals surface area contributed by atoms with Gasteiger partial charge in [0.2, 0.25) is 0 Å². The number of hydrogen-bond acceptors (Lipinski definition) is 2. The molecule has 1 aliphatic rings. The zero-order valence-electron chi connectivity index (χ0n) is 11.0. The van der Waals surface area contributed by atoms with Crippen molar-refractivity contribution in [2.45, 2.75) is 38.3 Å². The number of aliphatic hydroxyl groups excluding tert-OH is 1. The molecule has 1 atom stereocenters. The summed E-state index contributed by atoms with van der Waals surface area (Å²) in [6.07, 6.45) is 4.46. The van der Waals surface area contributed by atoms with Crippen molar-refractivity contribution in [2.24, 2.45) is 5.92 Å². The lowest BCUT2D eigenvalue weighted by atomic mass is 10.0. The van der Waals surface area contributed by atoms with Crippen LogP contribution in [0.4, 0.5) is 4.39 Å². The Hall–Kier alpha value is -0.930. The predicted octanol–water partition coefficient (Wildman–Crippen LogP) is 2.81. The van der Waals surface area contributed by atoms with E-state index < -0.39 is 0 Å². The average molecular weight is 251 g/mol. The maximum absolute atomic E-state index is 13.5. The Balaban J connectivity index is 1.84. The predicted molar refractivity (Wildman–Crippen MR) is 70.7 cm³/mol. The maximum Gasteiger partial charge on any atom is 0.127 e. The van der Waals surface area contributed by atoms with Gasteiger partial charge in [-0.2, -0.15) is 0 Å². The van der Waals surface area contributed by atoms with Crippen LogP contribution in [-0.2, 0) is 6.54 Å². The molecule has 1 N–H and O–H groups in total. The molecule has 18 heavy (non-hydrogen) atoms. The number of aliphatic hydroxyl groups is 1. The van der Waals surface area contributed by atoms with E-state index in [-0.39, 0.29) is 11.9 Å². The van der Waals surface area contributed by atoms with E-state index in [1.165, 1.54) is 18.9 Å². The molecule has 0 aliphatic heterocycles. The van der Waals surface area contributed by atoms with E-state index in [2.05, 4.69) is 0 Å². The Morgan fingerprint density at radius 1 is 1.33 bits per heavy atom. The third-order valence-electron chi connectivity index (χ3n) is 3.84. The SMILES string of the molecule is CN(Cc1ccccc1F)CC(O)C1CCCC1. The summed E-state index contributed by atoms with van der Waals surface area (Å²) in [5.74, 6) is 0.271. The molecule has 0 radical (unpaired) electrons. The molecular weight excluding hydrogens is 229 g/mol. The molecular formula is C15H22FNO. The molecule has 0 amide bonds. The molecule has 0 saturated heterocycles. The largest absolute Gasteiger partial charge is 0.392 e. The summed E-state index contributed by atoms with van der Waals surface area (Å²) in [6.45, 7) is 1.18. The lowest BCUT2D eigenvalue weighted by Gasteiger charge is -2.24. The van der Waals surface area contributed by atoms with Gasteiger partial charge in [-0.05, 0) is 31.9 Å². The molecule has 2 rings (SSSR count). The van der Waals surface area contributed by atoms with Crippen molar-refractivity contribution < 1.29 is 9.50 Å². The summed E-state index contributed by atoms with van der Waals surface area (Å²) < 4.78 is 13.5. The van der Waals surface area contributed by atoms with E-state index in [0.717, 1.165) is 12.8 Å². The number of likely N-dealkylation sites (N-methyl/N-ethyl adjacent to an activating group) is 1. The van der Waals surface area contributed by atoms with Gasteiger partial charge in [-0.3, -0.25) is 4.90 Å². The molecule has 1 aliphatic carbocycles. The number of rotatable bonds is 5. The second-order valence-corrected chi connectivity index (χ2v) is 5.40. The van der Waals surface area contributed by atoms with Crippen molar-refractivity contribution in [3.8, 4) is 0 Å². The van der Waals surface area contributed by atoms with E-state index in [0.29, 0.717) is 24.6 Å². The van der Waals surface area contributed by atoms with Crippen LogP contribution in [0.3, 0.4) is 0 Å². The minimum atomic E-state index is -0.274. The van der Waals surface area contributed by atoms with Gasteiger partial charge in [-0.1, -0.05) is 31.0 Å². The van der Waals surface area contributed by atoms with Gasteiger partial charge in [0.05, 0.1) is 6.10 Å². The van der Waals surface area contributed by atoms with Gasteiger partial charge in [0, 0.05) is 18.7 Å². The topological polar surface area (TPSA) is 23.5 Å². The first-order valence-corrected chi connectivity index (χ1v) is 6.77. The molecule has 0 heterocycles. The lowest BCUT2D eigenvalue weighted by molar-refractivity contribution is 0.0721. The van der Waals surface area contributed by atoms with Crippen molar-refractivity contribution in [3.05, 3.63) is 35.6 Å². The number of nitrogens with zero attached hydrogens (tertiary/aromatic N) is 1. The van der Waals surface area contributed by atoms with Crippen LogP contribution in [0.1, 0.15) is 31.2 Å². The van der Waals surface area contributed by atoms with Gasteiger partial charge in [-0.25, -0.2) is 4.39 Å². The maximum atomic E-state index is 13.5. The van der Waals surface area contributed by atoms with Gasteiger partial charge in [0.1, 0.15) is 5.82 Å². The molecule has 1 fully saturated rings. The molecule has 1 unspecified atom stereocenters. The molecule has 0 bridgehead atoms. The Bertz CT molecular complexity index is 377. The second-order valence-electron chi connectivity index (χ2n) is 5.40. The van der Waals surface area contributed by atoms with Gasteiger partial charge >= 0.3 is 0 Å². The summed E-state index contributed by atoms with van der Waals surface area (Å²) in [5.41, 5.74) is 0.693. The number of benzene rings is 1. The highest BCUT2D eigenvalue weighted by atomic mass is 19.1. The quantitative estimate of drug-likeness (QED) is 0.870. The normalized spacial score (nSPS) is 18.4. The Labute approximate surface area is 108 Å². The van der Waals surface area contributed by atoms with E-state index in [1.807, 2.05) is 18.0 Å². The molecule has 100 valence electrons. The van der Waals surface area contributed by atoms with Crippen molar-refractivity contribution in [3.63, 3.8) is 0 Å². The zero-order valence-corrected chi connectivity index (χ0v) is 11.0. The summed E-state index contributed by atoms with van der Waals surface area (Å²) in [7, 11) is 1.94. The van der Waals surface area contributed by atoms with Crippen LogP contribution < -0.4 is 0 Å². The Morgan fingerprint density at radius 2 is 2.00 bits per heavy atom. The summed E-state index contributed by atoms with van der Waals surface area (Å²) in [5, 5.41) is 10.1. The van der Waals surface area contributed by atoms with Crippen LogP contribution in [0.15, 0.2) is 24.3 Å². The fourth-order valence-corrected chi connectivity index (χ4v) is 2.79. The molecule has 3 heteroatoms. The van der Waals surface area contributed by atoms with Gasteiger partial charge in [0.25, 0.3) is 0 Å². The smallest absolute Gasteiger partial charge is 0.127 e. The van der Waals surface area contributed by atoms with Crippen LogP contribution >= 0.6 is 0 Å². The van der Waals surface area contributed by atoms with E-state index >= 15 is 0 Å². The molecule has 0 aromatic heterocycles. The van der Waals surface area contributed by atoms with Crippen LogP contribution in [0, 0.1) is 11.7 Å². The van der Waals surface area contributed by atoms with E-state index in [9.17, 15) is 9.50 Å². The summed E-state index contributed by atoms with van der Waals surface area (Å²) in [6, 6.07) is 6.83. The fraction of sp³-hybridized carbons (Fsp3) is 0.600. The first kappa shape index (κ1) is 13.5. The molecule has 0 spiro atoms.